The maximum absolute atomic E-state index is 11.4. The molecule has 26 heavy (non-hydrogen) atoms. The first-order valence-electron chi connectivity index (χ1n) is 8.23. The number of carbonyl (C=O) groups is 1. The van der Waals surface area contributed by atoms with E-state index in [2.05, 4.69) is 0 Å². The van der Waals surface area contributed by atoms with E-state index in [1.54, 1.807) is 24.3 Å². The van der Waals surface area contributed by atoms with Gasteiger partial charge in [0.15, 0.2) is 0 Å². The van der Waals surface area contributed by atoms with Crippen molar-refractivity contribution in [3.8, 4) is 5.75 Å². The molecule has 0 aromatic heterocycles. The number of rotatable bonds is 5. The van der Waals surface area contributed by atoms with Gasteiger partial charge in [0.05, 0.1) is 22.6 Å². The summed E-state index contributed by atoms with van der Waals surface area (Å²) in [5.41, 5.74) is 1.65. The zero-order chi connectivity index (χ0) is 18.5. The first kappa shape index (κ1) is 18.8. The highest BCUT2D eigenvalue weighted by Crippen LogP contribution is 2.32. The second kappa shape index (κ2) is 8.58. The molecule has 0 saturated carbocycles. The molecule has 1 N–H and O–H groups in total. The fraction of sp³-hybridized carbons (Fsp3) is 0.250. The molecule has 3 rings (SSSR count). The van der Waals surface area contributed by atoms with Gasteiger partial charge in [-0.1, -0.05) is 59.6 Å². The van der Waals surface area contributed by atoms with Crippen molar-refractivity contribution in [2.45, 2.75) is 31.7 Å². The maximum atomic E-state index is 11.4. The summed E-state index contributed by atoms with van der Waals surface area (Å²) in [4.78, 5) is 11.4. The summed E-state index contributed by atoms with van der Waals surface area (Å²) in [6, 6.07) is 13.2. The molecule has 2 atom stereocenters. The molecule has 0 bridgehead atoms. The molecule has 6 heteroatoms. The molecular weight excluding hydrogens is 375 g/mol. The van der Waals surface area contributed by atoms with Gasteiger partial charge in [0.1, 0.15) is 18.5 Å². The third-order valence-corrected chi connectivity index (χ3v) is 4.59. The predicted molar refractivity (Wildman–Crippen MR) is 101 cm³/mol. The second-order valence-corrected chi connectivity index (χ2v) is 6.87. The third-order valence-electron chi connectivity index (χ3n) is 3.97. The van der Waals surface area contributed by atoms with Crippen LogP contribution in [0.15, 0.2) is 48.5 Å². The topological polar surface area (TPSA) is 55.8 Å². The van der Waals surface area contributed by atoms with Gasteiger partial charge in [-0.15, -0.1) is 0 Å². The molecule has 0 amide bonds. The van der Waals surface area contributed by atoms with Crippen molar-refractivity contribution < 1.29 is 19.4 Å². The lowest BCUT2D eigenvalue weighted by atomic mass is 10.0. The van der Waals surface area contributed by atoms with E-state index in [1.807, 2.05) is 30.3 Å². The highest BCUT2D eigenvalue weighted by Gasteiger charge is 2.25. The maximum Gasteiger partial charge on any atom is 0.309 e. The summed E-state index contributed by atoms with van der Waals surface area (Å²) in [5, 5.41) is 10.5. The van der Waals surface area contributed by atoms with E-state index >= 15 is 0 Å². The van der Waals surface area contributed by atoms with Crippen molar-refractivity contribution in [2.75, 3.05) is 0 Å². The van der Waals surface area contributed by atoms with Crippen LogP contribution in [0, 0.1) is 0 Å². The first-order valence-corrected chi connectivity index (χ1v) is 8.98. The molecule has 0 aliphatic carbocycles. The average molecular weight is 393 g/mol. The zero-order valence-corrected chi connectivity index (χ0v) is 15.4. The van der Waals surface area contributed by atoms with Crippen LogP contribution in [0.4, 0.5) is 0 Å². The van der Waals surface area contributed by atoms with Gasteiger partial charge >= 0.3 is 5.97 Å². The second-order valence-electron chi connectivity index (χ2n) is 6.06. The fourth-order valence-electron chi connectivity index (χ4n) is 2.67. The number of hydrogen-bond acceptors (Lipinski definition) is 4. The minimum atomic E-state index is -0.689. The van der Waals surface area contributed by atoms with Crippen molar-refractivity contribution in [3.05, 3.63) is 69.7 Å². The van der Waals surface area contributed by atoms with Gasteiger partial charge in [0, 0.05) is 12.0 Å². The van der Waals surface area contributed by atoms with E-state index in [0.29, 0.717) is 34.4 Å². The van der Waals surface area contributed by atoms with Crippen LogP contribution in [-0.4, -0.2) is 23.3 Å². The molecule has 1 aliphatic heterocycles. The summed E-state index contributed by atoms with van der Waals surface area (Å²) < 4.78 is 10.9. The number of ether oxygens (including phenoxy) is 2. The van der Waals surface area contributed by atoms with Crippen molar-refractivity contribution >= 4 is 35.2 Å². The van der Waals surface area contributed by atoms with E-state index in [4.69, 9.17) is 32.7 Å². The summed E-state index contributed by atoms with van der Waals surface area (Å²) in [5.74, 6) is 0.153. The smallest absolute Gasteiger partial charge is 0.309 e. The standard InChI is InChI=1S/C20H18Cl2O4/c21-18-10-16(25-12-13-4-2-1-3-5-13)11-19(22)17(18)7-6-15-8-14(23)9-20(24)26-15/h1-7,10-11,14-15,23H,8-9,12H2/b7-6+/t14-,15-/m1/s1. The summed E-state index contributed by atoms with van der Waals surface area (Å²) in [6.07, 6.45) is 2.58. The minimum absolute atomic E-state index is 0.0271. The summed E-state index contributed by atoms with van der Waals surface area (Å²) >= 11 is 12.6. The van der Waals surface area contributed by atoms with Gasteiger partial charge in [0.2, 0.25) is 0 Å². The van der Waals surface area contributed by atoms with Crippen molar-refractivity contribution in [1.82, 2.24) is 0 Å². The van der Waals surface area contributed by atoms with Gasteiger partial charge in [-0.2, -0.15) is 0 Å². The quantitative estimate of drug-likeness (QED) is 0.752. The number of benzene rings is 2. The summed E-state index contributed by atoms with van der Waals surface area (Å²) in [6.45, 7) is 0.415. The normalized spacial score (nSPS) is 20.2. The Morgan fingerprint density at radius 3 is 2.54 bits per heavy atom. The molecule has 2 aromatic rings. The largest absolute Gasteiger partial charge is 0.489 e. The number of aliphatic hydroxyl groups excluding tert-OH is 1. The number of carbonyl (C=O) groups excluding carboxylic acids is 1. The first-order chi connectivity index (χ1) is 12.5. The molecule has 2 aromatic carbocycles. The molecule has 0 unspecified atom stereocenters. The van der Waals surface area contributed by atoms with Crippen LogP contribution < -0.4 is 4.74 Å². The van der Waals surface area contributed by atoms with Crippen LogP contribution in [0.1, 0.15) is 24.0 Å². The Hall–Kier alpha value is -2.01. The Balaban J connectivity index is 1.69. The molecule has 0 radical (unpaired) electrons. The molecule has 1 aliphatic rings. The monoisotopic (exact) mass is 392 g/mol. The van der Waals surface area contributed by atoms with Gasteiger partial charge in [-0.3, -0.25) is 4.79 Å². The lowest BCUT2D eigenvalue weighted by Crippen LogP contribution is -2.31. The van der Waals surface area contributed by atoms with Crippen LogP contribution >= 0.6 is 23.2 Å². The van der Waals surface area contributed by atoms with E-state index < -0.39 is 18.2 Å². The molecule has 0 spiro atoms. The van der Waals surface area contributed by atoms with Gasteiger partial charge in [-0.25, -0.2) is 0 Å². The van der Waals surface area contributed by atoms with Crippen LogP contribution in [-0.2, 0) is 16.1 Å². The Morgan fingerprint density at radius 2 is 1.88 bits per heavy atom. The molecular formula is C20H18Cl2O4. The van der Waals surface area contributed by atoms with E-state index in [0.717, 1.165) is 5.56 Å². The number of hydrogen-bond donors (Lipinski definition) is 1. The van der Waals surface area contributed by atoms with Crippen LogP contribution in [0.2, 0.25) is 10.0 Å². The van der Waals surface area contributed by atoms with Gasteiger partial charge < -0.3 is 14.6 Å². The van der Waals surface area contributed by atoms with Gasteiger partial charge in [0.25, 0.3) is 0 Å². The number of esters is 1. The Labute approximate surface area is 162 Å². The third kappa shape index (κ3) is 5.01. The highest BCUT2D eigenvalue weighted by atomic mass is 35.5. The van der Waals surface area contributed by atoms with Crippen LogP contribution in [0.25, 0.3) is 6.08 Å². The SMILES string of the molecule is O=C1C[C@H](O)C[C@@H](/C=C/c2c(Cl)cc(OCc3ccccc3)cc2Cl)O1. The molecule has 1 heterocycles. The van der Waals surface area contributed by atoms with Crippen LogP contribution in [0.5, 0.6) is 5.75 Å². The van der Waals surface area contributed by atoms with Gasteiger partial charge in [-0.05, 0) is 23.8 Å². The Kier molecular flexibility index (Phi) is 6.20. The molecule has 4 nitrogen and oxygen atoms in total. The molecule has 136 valence electrons. The fourth-order valence-corrected chi connectivity index (χ4v) is 3.27. The summed E-state index contributed by atoms with van der Waals surface area (Å²) in [7, 11) is 0. The van der Waals surface area contributed by atoms with Crippen LogP contribution in [0.3, 0.4) is 0 Å². The zero-order valence-electron chi connectivity index (χ0n) is 13.9. The average Bonchev–Trinajstić information content (AvgIpc) is 2.59. The number of aliphatic hydroxyl groups is 1. The van der Waals surface area contributed by atoms with E-state index in [1.165, 1.54) is 0 Å². The van der Waals surface area contributed by atoms with Crippen molar-refractivity contribution in [2.24, 2.45) is 0 Å². The molecule has 1 fully saturated rings. The van der Waals surface area contributed by atoms with E-state index in [-0.39, 0.29) is 6.42 Å². The van der Waals surface area contributed by atoms with E-state index in [9.17, 15) is 9.90 Å². The predicted octanol–water partition coefficient (Wildman–Crippen LogP) is 4.65. The Morgan fingerprint density at radius 1 is 1.19 bits per heavy atom. The number of halogens is 2. The minimum Gasteiger partial charge on any atom is -0.489 e. The highest BCUT2D eigenvalue weighted by molar-refractivity contribution is 6.37. The Bertz CT molecular complexity index is 782. The number of cyclic esters (lactones) is 1. The lowest BCUT2D eigenvalue weighted by Gasteiger charge is -2.23. The molecule has 1 saturated heterocycles. The van der Waals surface area contributed by atoms with Crippen molar-refractivity contribution in [1.29, 1.82) is 0 Å². The lowest BCUT2D eigenvalue weighted by molar-refractivity contribution is -0.156. The van der Waals surface area contributed by atoms with Crippen molar-refractivity contribution in [3.63, 3.8) is 0 Å².